The van der Waals surface area contributed by atoms with Gasteiger partial charge in [0.2, 0.25) is 0 Å². The molecule has 1 aliphatic heterocycles. The molecular formula is C18H36N2. The number of hydrogen-bond donors (Lipinski definition) is 1. The van der Waals surface area contributed by atoms with Crippen LogP contribution in [0.1, 0.15) is 66.7 Å². The van der Waals surface area contributed by atoms with Crippen molar-refractivity contribution < 1.29 is 0 Å². The third kappa shape index (κ3) is 3.76. The van der Waals surface area contributed by atoms with Gasteiger partial charge in [0.05, 0.1) is 0 Å². The third-order valence-corrected chi connectivity index (χ3v) is 5.92. The fraction of sp³-hybridized carbons (Fsp3) is 1.00. The lowest BCUT2D eigenvalue weighted by molar-refractivity contribution is 0.0194. The van der Waals surface area contributed by atoms with Crippen LogP contribution in [0.3, 0.4) is 0 Å². The second kappa shape index (κ2) is 7.26. The Hall–Kier alpha value is -0.0800. The maximum atomic E-state index is 3.80. The second-order valence-corrected chi connectivity index (χ2v) is 7.82. The van der Waals surface area contributed by atoms with Crippen molar-refractivity contribution >= 4 is 0 Å². The Bertz CT molecular complexity index is 289. The zero-order valence-electron chi connectivity index (χ0n) is 14.4. The van der Waals surface area contributed by atoms with Crippen molar-refractivity contribution in [1.82, 2.24) is 10.2 Å². The van der Waals surface area contributed by atoms with Crippen LogP contribution in [-0.4, -0.2) is 36.1 Å². The predicted octanol–water partition coefficient (Wildman–Crippen LogP) is 3.91. The molecule has 0 aromatic carbocycles. The quantitative estimate of drug-likeness (QED) is 0.840. The van der Waals surface area contributed by atoms with E-state index >= 15 is 0 Å². The molecule has 0 radical (unpaired) electrons. The largest absolute Gasteiger partial charge is 0.311 e. The lowest BCUT2D eigenvalue weighted by Gasteiger charge is -2.49. The maximum absolute atomic E-state index is 3.80. The molecule has 0 aromatic heterocycles. The highest BCUT2D eigenvalue weighted by atomic mass is 15.3. The summed E-state index contributed by atoms with van der Waals surface area (Å²) >= 11 is 0. The van der Waals surface area contributed by atoms with Gasteiger partial charge in [-0.05, 0) is 43.4 Å². The highest BCUT2D eigenvalue weighted by Gasteiger charge is 2.36. The first-order valence-corrected chi connectivity index (χ1v) is 9.02. The molecule has 0 spiro atoms. The fourth-order valence-electron chi connectivity index (χ4n) is 4.26. The summed E-state index contributed by atoms with van der Waals surface area (Å²) in [6.45, 7) is 14.5. The van der Waals surface area contributed by atoms with E-state index in [0.717, 1.165) is 35.9 Å². The molecule has 1 saturated carbocycles. The molecule has 5 atom stereocenters. The van der Waals surface area contributed by atoms with Gasteiger partial charge in [0.15, 0.2) is 0 Å². The van der Waals surface area contributed by atoms with Gasteiger partial charge in [-0.2, -0.15) is 0 Å². The van der Waals surface area contributed by atoms with E-state index in [9.17, 15) is 0 Å². The molecule has 1 aliphatic carbocycles. The molecule has 0 aromatic rings. The minimum Gasteiger partial charge on any atom is -0.311 e. The molecule has 2 rings (SSSR count). The molecule has 2 heteroatoms. The predicted molar refractivity (Wildman–Crippen MR) is 88.0 cm³/mol. The lowest BCUT2D eigenvalue weighted by atomic mass is 9.77. The van der Waals surface area contributed by atoms with E-state index in [-0.39, 0.29) is 0 Å². The van der Waals surface area contributed by atoms with E-state index in [2.05, 4.69) is 44.8 Å². The van der Waals surface area contributed by atoms with Crippen LogP contribution in [-0.2, 0) is 0 Å². The number of hydrogen-bond acceptors (Lipinski definition) is 2. The van der Waals surface area contributed by atoms with Crippen LogP contribution in [0.4, 0.5) is 0 Å². The molecule has 2 aliphatic rings. The Morgan fingerprint density at radius 1 is 1.15 bits per heavy atom. The van der Waals surface area contributed by atoms with Crippen LogP contribution in [0.25, 0.3) is 0 Å². The van der Waals surface area contributed by atoms with Crippen LogP contribution < -0.4 is 5.32 Å². The van der Waals surface area contributed by atoms with Gasteiger partial charge in [-0.3, -0.25) is 4.90 Å². The molecule has 1 saturated heterocycles. The van der Waals surface area contributed by atoms with Gasteiger partial charge >= 0.3 is 0 Å². The normalized spacial score (nSPS) is 40.2. The van der Waals surface area contributed by atoms with Gasteiger partial charge < -0.3 is 5.32 Å². The number of rotatable bonds is 4. The molecule has 2 nitrogen and oxygen atoms in total. The van der Waals surface area contributed by atoms with Crippen LogP contribution in [0.2, 0.25) is 0 Å². The third-order valence-electron chi connectivity index (χ3n) is 5.92. The van der Waals surface area contributed by atoms with E-state index in [1.165, 1.54) is 45.2 Å². The summed E-state index contributed by atoms with van der Waals surface area (Å²) in [6.07, 6.45) is 6.91. The minimum atomic E-state index is 0.727. The van der Waals surface area contributed by atoms with Crippen molar-refractivity contribution in [3.63, 3.8) is 0 Å². The smallest absolute Gasteiger partial charge is 0.0247 e. The van der Waals surface area contributed by atoms with Crippen molar-refractivity contribution in [3.05, 3.63) is 0 Å². The summed E-state index contributed by atoms with van der Waals surface area (Å²) < 4.78 is 0. The fourth-order valence-corrected chi connectivity index (χ4v) is 4.26. The van der Waals surface area contributed by atoms with E-state index in [1.54, 1.807) is 0 Å². The highest BCUT2D eigenvalue weighted by Crippen LogP contribution is 2.34. The summed E-state index contributed by atoms with van der Waals surface area (Å²) in [4.78, 5) is 2.89. The van der Waals surface area contributed by atoms with Gasteiger partial charge in [0, 0.05) is 31.2 Å². The summed E-state index contributed by atoms with van der Waals surface area (Å²) in [6, 6.07) is 2.31. The molecule has 20 heavy (non-hydrogen) atoms. The SMILES string of the molecule is CCCC1CN(C2CCC(C)C(C)C2)C(C(C)C)CN1. The van der Waals surface area contributed by atoms with E-state index < -0.39 is 0 Å². The lowest BCUT2D eigenvalue weighted by Crippen LogP contribution is -2.61. The first-order chi connectivity index (χ1) is 9.52. The van der Waals surface area contributed by atoms with Gasteiger partial charge in [-0.1, -0.05) is 41.0 Å². The van der Waals surface area contributed by atoms with Crippen LogP contribution in [0.15, 0.2) is 0 Å². The molecule has 2 fully saturated rings. The van der Waals surface area contributed by atoms with Crippen molar-refractivity contribution in [2.75, 3.05) is 13.1 Å². The number of nitrogens with one attached hydrogen (secondary N) is 1. The summed E-state index contributed by atoms with van der Waals surface area (Å²) in [5.41, 5.74) is 0. The van der Waals surface area contributed by atoms with Crippen molar-refractivity contribution in [3.8, 4) is 0 Å². The Morgan fingerprint density at radius 3 is 2.50 bits per heavy atom. The van der Waals surface area contributed by atoms with E-state index in [1.807, 2.05) is 0 Å². The topological polar surface area (TPSA) is 15.3 Å². The molecule has 0 bridgehead atoms. The summed E-state index contributed by atoms with van der Waals surface area (Å²) in [7, 11) is 0. The van der Waals surface area contributed by atoms with Crippen LogP contribution >= 0.6 is 0 Å². The zero-order chi connectivity index (χ0) is 14.7. The minimum absolute atomic E-state index is 0.727. The van der Waals surface area contributed by atoms with Gasteiger partial charge in [-0.25, -0.2) is 0 Å². The zero-order valence-corrected chi connectivity index (χ0v) is 14.4. The Morgan fingerprint density at radius 2 is 1.90 bits per heavy atom. The van der Waals surface area contributed by atoms with Crippen molar-refractivity contribution in [2.45, 2.75) is 84.8 Å². The maximum Gasteiger partial charge on any atom is 0.0247 e. The van der Waals surface area contributed by atoms with E-state index in [4.69, 9.17) is 0 Å². The van der Waals surface area contributed by atoms with Crippen LogP contribution in [0, 0.1) is 17.8 Å². The summed E-state index contributed by atoms with van der Waals surface area (Å²) in [5.74, 6) is 2.60. The van der Waals surface area contributed by atoms with Gasteiger partial charge in [0.25, 0.3) is 0 Å². The number of nitrogens with zero attached hydrogens (tertiary/aromatic N) is 1. The monoisotopic (exact) mass is 280 g/mol. The highest BCUT2D eigenvalue weighted by molar-refractivity contribution is 4.93. The molecule has 1 heterocycles. The molecule has 1 N–H and O–H groups in total. The van der Waals surface area contributed by atoms with Crippen LogP contribution in [0.5, 0.6) is 0 Å². The first kappa shape index (κ1) is 16.3. The second-order valence-electron chi connectivity index (χ2n) is 7.82. The van der Waals surface area contributed by atoms with E-state index in [0.29, 0.717) is 0 Å². The number of piperazine rings is 1. The Balaban J connectivity index is 2.03. The first-order valence-electron chi connectivity index (χ1n) is 9.02. The average Bonchev–Trinajstić information content (AvgIpc) is 2.42. The standard InChI is InChI=1S/C18H36N2/c1-6-7-16-12-20(18(11-19-16)13(2)3)17-9-8-14(4)15(5)10-17/h13-19H,6-12H2,1-5H3. The average molecular weight is 280 g/mol. The molecule has 5 unspecified atom stereocenters. The molecule has 0 amide bonds. The van der Waals surface area contributed by atoms with Gasteiger partial charge in [0.1, 0.15) is 0 Å². The van der Waals surface area contributed by atoms with Crippen molar-refractivity contribution in [1.29, 1.82) is 0 Å². The van der Waals surface area contributed by atoms with Gasteiger partial charge in [-0.15, -0.1) is 0 Å². The Labute approximate surface area is 126 Å². The van der Waals surface area contributed by atoms with Crippen molar-refractivity contribution in [2.24, 2.45) is 17.8 Å². The summed E-state index contributed by atoms with van der Waals surface area (Å²) in [5, 5.41) is 3.80. The molecule has 118 valence electrons. The molecular weight excluding hydrogens is 244 g/mol. The Kier molecular flexibility index (Phi) is 5.92.